The second-order valence-corrected chi connectivity index (χ2v) is 5.94. The Morgan fingerprint density at radius 3 is 2.43 bits per heavy atom. The van der Waals surface area contributed by atoms with Crippen molar-refractivity contribution in [1.29, 1.82) is 0 Å². The maximum atomic E-state index is 6.17. The van der Waals surface area contributed by atoms with Gasteiger partial charge in [-0.15, -0.1) is 10.2 Å². The Morgan fingerprint density at radius 2 is 1.78 bits per heavy atom. The number of rotatable bonds is 5. The van der Waals surface area contributed by atoms with Crippen LogP contribution in [0.2, 0.25) is 5.02 Å². The molecule has 5 heteroatoms. The highest BCUT2D eigenvalue weighted by Crippen LogP contribution is 2.24. The summed E-state index contributed by atoms with van der Waals surface area (Å²) in [5.74, 6) is 1.81. The molecule has 3 rings (SSSR count). The van der Waals surface area contributed by atoms with E-state index in [-0.39, 0.29) is 6.04 Å². The predicted molar refractivity (Wildman–Crippen MR) is 92.3 cm³/mol. The molecule has 1 N–H and O–H groups in total. The zero-order valence-electron chi connectivity index (χ0n) is 13.2. The maximum Gasteiger partial charge on any atom is 0.146 e. The van der Waals surface area contributed by atoms with Crippen LogP contribution in [0, 0.1) is 6.92 Å². The summed E-state index contributed by atoms with van der Waals surface area (Å²) in [5, 5.41) is 12.6. The molecule has 0 radical (unpaired) electrons. The van der Waals surface area contributed by atoms with E-state index in [9.17, 15) is 0 Å². The average Bonchev–Trinajstić information content (AvgIpc) is 2.88. The van der Waals surface area contributed by atoms with E-state index in [0.29, 0.717) is 6.54 Å². The molecule has 1 heterocycles. The molecule has 1 aromatic heterocycles. The minimum Gasteiger partial charge on any atom is -0.317 e. The maximum absolute atomic E-state index is 6.17. The minimum absolute atomic E-state index is 0.0481. The highest BCUT2D eigenvalue weighted by atomic mass is 35.5. The van der Waals surface area contributed by atoms with Crippen molar-refractivity contribution in [1.82, 2.24) is 20.1 Å². The summed E-state index contributed by atoms with van der Waals surface area (Å²) in [6.07, 6.45) is 0. The van der Waals surface area contributed by atoms with E-state index < -0.39 is 0 Å². The Kier molecular flexibility index (Phi) is 4.74. The van der Waals surface area contributed by atoms with Gasteiger partial charge in [0.25, 0.3) is 0 Å². The number of aromatic nitrogens is 3. The monoisotopic (exact) mass is 326 g/mol. The van der Waals surface area contributed by atoms with Crippen LogP contribution in [0.5, 0.6) is 0 Å². The molecule has 0 aliphatic heterocycles. The van der Waals surface area contributed by atoms with E-state index in [4.69, 9.17) is 11.6 Å². The van der Waals surface area contributed by atoms with E-state index in [2.05, 4.69) is 33.7 Å². The van der Waals surface area contributed by atoms with Crippen LogP contribution >= 0.6 is 11.6 Å². The molecule has 2 aromatic carbocycles. The number of nitrogens with one attached hydrogen (secondary N) is 1. The zero-order valence-corrected chi connectivity index (χ0v) is 14.0. The summed E-state index contributed by atoms with van der Waals surface area (Å²) < 4.78 is 1.99. The van der Waals surface area contributed by atoms with Crippen LogP contribution < -0.4 is 5.32 Å². The Bertz CT molecular complexity index is 783. The molecular weight excluding hydrogens is 308 g/mol. The molecule has 4 nitrogen and oxygen atoms in total. The van der Waals surface area contributed by atoms with Gasteiger partial charge in [0.2, 0.25) is 0 Å². The lowest BCUT2D eigenvalue weighted by atomic mass is 9.99. The van der Waals surface area contributed by atoms with Crippen molar-refractivity contribution in [3.63, 3.8) is 0 Å². The smallest absolute Gasteiger partial charge is 0.146 e. The summed E-state index contributed by atoms with van der Waals surface area (Å²) in [7, 11) is 1.98. The molecule has 0 spiro atoms. The number of nitrogens with zero attached hydrogens (tertiary/aromatic N) is 3. The Balaban J connectivity index is 1.88. The first-order valence-electron chi connectivity index (χ1n) is 7.54. The zero-order chi connectivity index (χ0) is 16.2. The van der Waals surface area contributed by atoms with E-state index in [1.807, 2.05) is 54.9 Å². The number of halogens is 1. The van der Waals surface area contributed by atoms with Crippen LogP contribution in [0.1, 0.15) is 28.8 Å². The molecule has 0 fully saturated rings. The molecule has 1 unspecified atom stereocenters. The molecule has 0 aliphatic rings. The molecule has 0 amide bonds. The van der Waals surface area contributed by atoms with Crippen molar-refractivity contribution in [2.75, 3.05) is 0 Å². The standard InChI is InChI=1S/C18H19ClN4/c1-13-21-22-17(23(13)2)12-20-18(14-7-4-3-5-8-14)15-9-6-10-16(19)11-15/h3-11,18,20H,12H2,1-2H3. The van der Waals surface area contributed by atoms with Gasteiger partial charge in [0.1, 0.15) is 11.6 Å². The fourth-order valence-electron chi connectivity index (χ4n) is 2.56. The highest BCUT2D eigenvalue weighted by Gasteiger charge is 2.15. The van der Waals surface area contributed by atoms with Crippen molar-refractivity contribution in [3.05, 3.63) is 82.4 Å². The molecular formula is C18H19ClN4. The van der Waals surface area contributed by atoms with Crippen molar-refractivity contribution in [3.8, 4) is 0 Å². The van der Waals surface area contributed by atoms with Gasteiger partial charge >= 0.3 is 0 Å². The average molecular weight is 327 g/mol. The molecule has 0 saturated heterocycles. The Labute approximate surface area is 141 Å². The number of hydrogen-bond acceptors (Lipinski definition) is 3. The van der Waals surface area contributed by atoms with Crippen molar-refractivity contribution in [2.45, 2.75) is 19.5 Å². The van der Waals surface area contributed by atoms with Crippen LogP contribution in [-0.4, -0.2) is 14.8 Å². The fraction of sp³-hybridized carbons (Fsp3) is 0.222. The van der Waals surface area contributed by atoms with Crippen LogP contribution in [-0.2, 0) is 13.6 Å². The van der Waals surface area contributed by atoms with Gasteiger partial charge < -0.3 is 4.57 Å². The topological polar surface area (TPSA) is 42.7 Å². The van der Waals surface area contributed by atoms with E-state index in [1.165, 1.54) is 5.56 Å². The first-order chi connectivity index (χ1) is 11.1. The van der Waals surface area contributed by atoms with Gasteiger partial charge in [0.05, 0.1) is 12.6 Å². The van der Waals surface area contributed by atoms with Gasteiger partial charge in [0, 0.05) is 12.1 Å². The molecule has 0 saturated carbocycles. The van der Waals surface area contributed by atoms with Crippen molar-refractivity contribution >= 4 is 11.6 Å². The van der Waals surface area contributed by atoms with Gasteiger partial charge in [-0.1, -0.05) is 54.1 Å². The van der Waals surface area contributed by atoms with Gasteiger partial charge in [-0.2, -0.15) is 0 Å². The SMILES string of the molecule is Cc1nnc(CNC(c2ccccc2)c2cccc(Cl)c2)n1C. The quantitative estimate of drug-likeness (QED) is 0.778. The first kappa shape index (κ1) is 15.7. The number of benzene rings is 2. The second kappa shape index (κ2) is 6.94. The lowest BCUT2D eigenvalue weighted by Gasteiger charge is -2.20. The van der Waals surface area contributed by atoms with Crippen LogP contribution in [0.25, 0.3) is 0 Å². The Morgan fingerprint density at radius 1 is 1.04 bits per heavy atom. The van der Waals surface area contributed by atoms with Crippen LogP contribution in [0.3, 0.4) is 0 Å². The second-order valence-electron chi connectivity index (χ2n) is 5.50. The van der Waals surface area contributed by atoms with Crippen molar-refractivity contribution < 1.29 is 0 Å². The van der Waals surface area contributed by atoms with Gasteiger partial charge in [-0.3, -0.25) is 5.32 Å². The van der Waals surface area contributed by atoms with Gasteiger partial charge in [-0.05, 0) is 30.2 Å². The Hall–Kier alpha value is -2.17. The summed E-state index contributed by atoms with van der Waals surface area (Å²) >= 11 is 6.17. The number of aryl methyl sites for hydroxylation is 1. The van der Waals surface area contributed by atoms with E-state index >= 15 is 0 Å². The molecule has 118 valence electrons. The summed E-state index contributed by atoms with van der Waals surface area (Å²) in [4.78, 5) is 0. The highest BCUT2D eigenvalue weighted by molar-refractivity contribution is 6.30. The van der Waals surface area contributed by atoms with E-state index in [1.54, 1.807) is 0 Å². The molecule has 0 bridgehead atoms. The number of hydrogen-bond donors (Lipinski definition) is 1. The lowest BCUT2D eigenvalue weighted by molar-refractivity contribution is 0.572. The van der Waals surface area contributed by atoms with Gasteiger partial charge in [-0.25, -0.2) is 0 Å². The van der Waals surface area contributed by atoms with E-state index in [0.717, 1.165) is 22.2 Å². The van der Waals surface area contributed by atoms with Crippen LogP contribution in [0.15, 0.2) is 54.6 Å². The van der Waals surface area contributed by atoms with Crippen molar-refractivity contribution in [2.24, 2.45) is 7.05 Å². The summed E-state index contributed by atoms with van der Waals surface area (Å²) in [5.41, 5.74) is 2.32. The largest absolute Gasteiger partial charge is 0.317 e. The first-order valence-corrected chi connectivity index (χ1v) is 7.91. The third-order valence-corrected chi connectivity index (χ3v) is 4.20. The molecule has 3 aromatic rings. The summed E-state index contributed by atoms with van der Waals surface area (Å²) in [6.45, 7) is 2.57. The third kappa shape index (κ3) is 3.60. The lowest BCUT2D eigenvalue weighted by Crippen LogP contribution is -2.23. The molecule has 23 heavy (non-hydrogen) atoms. The normalized spacial score (nSPS) is 12.3. The predicted octanol–water partition coefficient (Wildman–Crippen LogP) is 3.66. The summed E-state index contributed by atoms with van der Waals surface area (Å²) in [6, 6.07) is 18.3. The van der Waals surface area contributed by atoms with Gasteiger partial charge in [0.15, 0.2) is 0 Å². The molecule has 1 atom stereocenters. The fourth-order valence-corrected chi connectivity index (χ4v) is 2.76. The third-order valence-electron chi connectivity index (χ3n) is 3.96. The van der Waals surface area contributed by atoms with Crippen LogP contribution in [0.4, 0.5) is 0 Å². The molecule has 0 aliphatic carbocycles. The minimum atomic E-state index is 0.0481.